The van der Waals surface area contributed by atoms with Gasteiger partial charge in [-0.25, -0.2) is 0 Å². The van der Waals surface area contributed by atoms with E-state index < -0.39 is 0 Å². The predicted octanol–water partition coefficient (Wildman–Crippen LogP) is 4.34. The van der Waals surface area contributed by atoms with E-state index in [0.717, 1.165) is 28.9 Å². The van der Waals surface area contributed by atoms with E-state index in [1.807, 2.05) is 50.3 Å². The van der Waals surface area contributed by atoms with E-state index in [2.05, 4.69) is 30.3 Å². The Morgan fingerprint density at radius 2 is 1.96 bits per heavy atom. The molecular weight excluding hydrogens is 284 g/mol. The van der Waals surface area contributed by atoms with E-state index in [1.165, 1.54) is 5.56 Å². The maximum Gasteiger partial charge on any atom is 0.268 e. The lowest BCUT2D eigenvalue weighted by Crippen LogP contribution is -2.29. The highest BCUT2D eigenvalue weighted by Gasteiger charge is 2.22. The smallest absolute Gasteiger partial charge is 0.268 e. The highest BCUT2D eigenvalue weighted by molar-refractivity contribution is 5.95. The third kappa shape index (κ3) is 3.39. The standard InChI is InChI=1S/C20H26N2O/c1-6-13-22-16(5)18(7-2)14(3)19(22)20(23)21-15(4)17-11-9-8-10-12-17/h6,8-12,15H,1,7,13H2,2-5H3,(H,21,23)/t15-/m0/s1. The molecule has 0 saturated heterocycles. The van der Waals surface area contributed by atoms with Gasteiger partial charge in [0.05, 0.1) is 6.04 Å². The number of carbonyl (C=O) groups is 1. The van der Waals surface area contributed by atoms with Crippen molar-refractivity contribution in [1.29, 1.82) is 0 Å². The molecule has 0 aliphatic rings. The van der Waals surface area contributed by atoms with Gasteiger partial charge in [-0.1, -0.05) is 43.3 Å². The van der Waals surface area contributed by atoms with Gasteiger partial charge in [-0.3, -0.25) is 4.79 Å². The van der Waals surface area contributed by atoms with Crippen LogP contribution >= 0.6 is 0 Å². The fraction of sp³-hybridized carbons (Fsp3) is 0.350. The van der Waals surface area contributed by atoms with Crippen molar-refractivity contribution in [1.82, 2.24) is 9.88 Å². The fourth-order valence-electron chi connectivity index (χ4n) is 3.21. The molecule has 0 fully saturated rings. The lowest BCUT2D eigenvalue weighted by atomic mass is 10.1. The number of hydrogen-bond acceptors (Lipinski definition) is 1. The number of aromatic nitrogens is 1. The molecule has 2 rings (SSSR count). The average molecular weight is 310 g/mol. The first-order valence-electron chi connectivity index (χ1n) is 8.16. The van der Waals surface area contributed by atoms with E-state index in [0.29, 0.717) is 6.54 Å². The second-order valence-corrected chi connectivity index (χ2v) is 5.90. The van der Waals surface area contributed by atoms with E-state index in [-0.39, 0.29) is 11.9 Å². The summed E-state index contributed by atoms with van der Waals surface area (Å²) in [4.78, 5) is 12.9. The zero-order chi connectivity index (χ0) is 17.0. The van der Waals surface area contributed by atoms with Crippen LogP contribution in [0.1, 0.15) is 52.8 Å². The zero-order valence-electron chi connectivity index (χ0n) is 14.5. The molecule has 1 aromatic heterocycles. The van der Waals surface area contributed by atoms with E-state index in [1.54, 1.807) is 0 Å². The predicted molar refractivity (Wildman–Crippen MR) is 95.8 cm³/mol. The Hall–Kier alpha value is -2.29. The van der Waals surface area contributed by atoms with Crippen molar-refractivity contribution in [3.63, 3.8) is 0 Å². The van der Waals surface area contributed by atoms with Crippen molar-refractivity contribution < 1.29 is 4.79 Å². The molecule has 122 valence electrons. The molecule has 1 N–H and O–H groups in total. The molecule has 3 heteroatoms. The van der Waals surface area contributed by atoms with Gasteiger partial charge in [0.15, 0.2) is 0 Å². The van der Waals surface area contributed by atoms with Crippen LogP contribution in [0.25, 0.3) is 0 Å². The number of benzene rings is 1. The third-order valence-electron chi connectivity index (χ3n) is 4.45. The van der Waals surface area contributed by atoms with Gasteiger partial charge in [0.2, 0.25) is 0 Å². The van der Waals surface area contributed by atoms with E-state index >= 15 is 0 Å². The van der Waals surface area contributed by atoms with Gasteiger partial charge < -0.3 is 9.88 Å². The van der Waals surface area contributed by atoms with Crippen LogP contribution in [0.3, 0.4) is 0 Å². The largest absolute Gasteiger partial charge is 0.344 e. The Bertz CT molecular complexity index is 698. The minimum absolute atomic E-state index is 0.0245. The minimum Gasteiger partial charge on any atom is -0.344 e. The summed E-state index contributed by atoms with van der Waals surface area (Å²) in [7, 11) is 0. The lowest BCUT2D eigenvalue weighted by Gasteiger charge is -2.16. The number of rotatable bonds is 6. The Labute approximate surface area is 139 Å². The molecule has 2 aromatic rings. The monoisotopic (exact) mass is 310 g/mol. The molecule has 0 bridgehead atoms. The normalized spacial score (nSPS) is 12.0. The first-order chi connectivity index (χ1) is 11.0. The molecule has 0 spiro atoms. The van der Waals surface area contributed by atoms with E-state index in [4.69, 9.17) is 0 Å². The molecule has 0 aliphatic carbocycles. The van der Waals surface area contributed by atoms with Crippen molar-refractivity contribution in [2.45, 2.75) is 46.7 Å². The number of hydrogen-bond donors (Lipinski definition) is 1. The quantitative estimate of drug-likeness (QED) is 0.791. The topological polar surface area (TPSA) is 34.0 Å². The first-order valence-corrected chi connectivity index (χ1v) is 8.16. The summed E-state index contributed by atoms with van der Waals surface area (Å²) in [5.74, 6) is -0.0245. The summed E-state index contributed by atoms with van der Waals surface area (Å²) >= 11 is 0. The second kappa shape index (κ2) is 7.32. The van der Waals surface area contributed by atoms with Crippen molar-refractivity contribution in [3.05, 3.63) is 71.1 Å². The molecule has 0 radical (unpaired) electrons. The number of carbonyl (C=O) groups excluding carboxylic acids is 1. The summed E-state index contributed by atoms with van der Waals surface area (Å²) in [5, 5.41) is 3.12. The van der Waals surface area contributed by atoms with E-state index in [9.17, 15) is 4.79 Å². The number of amides is 1. The van der Waals surface area contributed by atoms with Gasteiger partial charge in [0.1, 0.15) is 5.69 Å². The summed E-state index contributed by atoms with van der Waals surface area (Å²) in [6, 6.07) is 9.99. The van der Waals surface area contributed by atoms with Crippen molar-refractivity contribution in [2.75, 3.05) is 0 Å². The van der Waals surface area contributed by atoms with Gasteiger partial charge in [-0.05, 0) is 43.9 Å². The third-order valence-corrected chi connectivity index (χ3v) is 4.45. The zero-order valence-corrected chi connectivity index (χ0v) is 14.5. The van der Waals surface area contributed by atoms with Crippen LogP contribution in [0.15, 0.2) is 43.0 Å². The minimum atomic E-state index is -0.0273. The molecule has 0 saturated carbocycles. The molecule has 1 heterocycles. The molecule has 23 heavy (non-hydrogen) atoms. The summed E-state index contributed by atoms with van der Waals surface area (Å²) in [6.45, 7) is 12.7. The molecule has 0 aliphatic heterocycles. The highest BCUT2D eigenvalue weighted by Crippen LogP contribution is 2.24. The average Bonchev–Trinajstić information content (AvgIpc) is 2.78. The Balaban J connectivity index is 2.33. The van der Waals surface area contributed by atoms with Crippen LogP contribution in [-0.4, -0.2) is 10.5 Å². The number of allylic oxidation sites excluding steroid dienone is 1. The van der Waals surface area contributed by atoms with Crippen molar-refractivity contribution in [3.8, 4) is 0 Å². The Kier molecular flexibility index (Phi) is 5.43. The van der Waals surface area contributed by atoms with Crippen LogP contribution < -0.4 is 5.32 Å². The maximum absolute atomic E-state index is 12.9. The second-order valence-electron chi connectivity index (χ2n) is 5.90. The van der Waals surface area contributed by atoms with Crippen LogP contribution in [0, 0.1) is 13.8 Å². The Morgan fingerprint density at radius 1 is 1.30 bits per heavy atom. The molecule has 1 atom stereocenters. The molecular formula is C20H26N2O. The van der Waals surface area contributed by atoms with Crippen molar-refractivity contribution >= 4 is 5.91 Å². The van der Waals surface area contributed by atoms with Crippen molar-refractivity contribution in [2.24, 2.45) is 0 Å². The van der Waals surface area contributed by atoms with Gasteiger partial charge >= 0.3 is 0 Å². The summed E-state index contributed by atoms with van der Waals surface area (Å²) in [5.41, 5.74) is 5.34. The maximum atomic E-state index is 12.9. The van der Waals surface area contributed by atoms with Crippen LogP contribution in [-0.2, 0) is 13.0 Å². The van der Waals surface area contributed by atoms with Gasteiger partial charge in [-0.2, -0.15) is 0 Å². The van der Waals surface area contributed by atoms with Gasteiger partial charge in [-0.15, -0.1) is 6.58 Å². The molecule has 1 aromatic carbocycles. The molecule has 3 nitrogen and oxygen atoms in total. The van der Waals surface area contributed by atoms with Gasteiger partial charge in [0.25, 0.3) is 5.91 Å². The lowest BCUT2D eigenvalue weighted by molar-refractivity contribution is 0.0930. The first kappa shape index (κ1) is 17.1. The van der Waals surface area contributed by atoms with Crippen LogP contribution in [0.2, 0.25) is 0 Å². The summed E-state index contributed by atoms with van der Waals surface area (Å²) in [6.07, 6.45) is 2.76. The fourth-order valence-corrected chi connectivity index (χ4v) is 3.21. The van der Waals surface area contributed by atoms with Gasteiger partial charge in [0, 0.05) is 12.2 Å². The Morgan fingerprint density at radius 3 is 2.52 bits per heavy atom. The molecule has 1 amide bonds. The number of nitrogens with zero attached hydrogens (tertiary/aromatic N) is 1. The van der Waals surface area contributed by atoms with Crippen LogP contribution in [0.4, 0.5) is 0 Å². The molecule has 0 unspecified atom stereocenters. The highest BCUT2D eigenvalue weighted by atomic mass is 16.2. The number of nitrogens with one attached hydrogen (secondary N) is 1. The van der Waals surface area contributed by atoms with Crippen LogP contribution in [0.5, 0.6) is 0 Å². The summed E-state index contributed by atoms with van der Waals surface area (Å²) < 4.78 is 2.06. The SMILES string of the molecule is C=CCn1c(C)c(CC)c(C)c1C(=O)N[C@@H](C)c1ccccc1.